The van der Waals surface area contributed by atoms with Gasteiger partial charge in [-0.15, -0.1) is 0 Å². The number of nitrogens with zero attached hydrogens (tertiary/aromatic N) is 1. The van der Waals surface area contributed by atoms with E-state index in [9.17, 15) is 9.59 Å². The Labute approximate surface area is 86.2 Å². The van der Waals surface area contributed by atoms with Crippen LogP contribution in [-0.4, -0.2) is 21.0 Å². The van der Waals surface area contributed by atoms with Crippen LogP contribution in [0.15, 0.2) is 4.79 Å². The SMILES string of the molecule is O=C(O)c1nc(=O)[nH]c2c1CCCCC2. The highest BCUT2D eigenvalue weighted by atomic mass is 16.4. The molecule has 0 aromatic carbocycles. The molecular formula is C10H12N2O3. The maximum Gasteiger partial charge on any atom is 0.355 e. The number of H-pyrrole nitrogens is 1. The van der Waals surface area contributed by atoms with Crippen molar-refractivity contribution < 1.29 is 9.90 Å². The maximum absolute atomic E-state index is 11.1. The number of rotatable bonds is 1. The normalized spacial score (nSPS) is 15.5. The predicted octanol–water partition coefficient (Wildman–Crippen LogP) is 0.737. The van der Waals surface area contributed by atoms with Crippen molar-refractivity contribution in [2.75, 3.05) is 0 Å². The second kappa shape index (κ2) is 3.84. The largest absolute Gasteiger partial charge is 0.476 e. The van der Waals surface area contributed by atoms with E-state index in [1.165, 1.54) is 0 Å². The van der Waals surface area contributed by atoms with E-state index < -0.39 is 11.7 Å². The van der Waals surface area contributed by atoms with Crippen LogP contribution in [0.2, 0.25) is 0 Å². The van der Waals surface area contributed by atoms with Crippen molar-refractivity contribution >= 4 is 5.97 Å². The van der Waals surface area contributed by atoms with Crippen molar-refractivity contribution in [3.05, 3.63) is 27.4 Å². The molecule has 0 fully saturated rings. The van der Waals surface area contributed by atoms with Crippen LogP contribution in [-0.2, 0) is 12.8 Å². The summed E-state index contributed by atoms with van der Waals surface area (Å²) in [5.74, 6) is -1.11. The van der Waals surface area contributed by atoms with Gasteiger partial charge in [0, 0.05) is 11.3 Å². The fourth-order valence-electron chi connectivity index (χ4n) is 1.98. The van der Waals surface area contributed by atoms with E-state index in [-0.39, 0.29) is 5.69 Å². The van der Waals surface area contributed by atoms with Gasteiger partial charge in [0.2, 0.25) is 0 Å². The van der Waals surface area contributed by atoms with Crippen molar-refractivity contribution in [1.82, 2.24) is 9.97 Å². The van der Waals surface area contributed by atoms with Crippen molar-refractivity contribution in [3.8, 4) is 0 Å². The molecule has 0 amide bonds. The lowest BCUT2D eigenvalue weighted by Gasteiger charge is -2.06. The summed E-state index contributed by atoms with van der Waals surface area (Å²) >= 11 is 0. The van der Waals surface area contributed by atoms with Crippen LogP contribution >= 0.6 is 0 Å². The zero-order chi connectivity index (χ0) is 10.8. The molecule has 15 heavy (non-hydrogen) atoms. The Morgan fingerprint density at radius 1 is 1.27 bits per heavy atom. The first-order chi connectivity index (χ1) is 7.18. The number of carboxylic acid groups (broad SMARTS) is 1. The standard InChI is InChI=1S/C10H12N2O3/c13-9(14)8-6-4-2-1-3-5-7(6)11-10(15)12-8/h1-5H2,(H,13,14)(H,11,12,15). The topological polar surface area (TPSA) is 83.0 Å². The molecule has 0 saturated heterocycles. The van der Waals surface area contributed by atoms with Crippen LogP contribution in [0.3, 0.4) is 0 Å². The quantitative estimate of drug-likeness (QED) is 0.666. The average molecular weight is 208 g/mol. The number of carboxylic acids is 1. The third-order valence-electron chi connectivity index (χ3n) is 2.68. The first-order valence-corrected chi connectivity index (χ1v) is 5.04. The number of fused-ring (bicyclic) bond motifs is 1. The van der Waals surface area contributed by atoms with Crippen LogP contribution in [0.25, 0.3) is 0 Å². The van der Waals surface area contributed by atoms with E-state index in [0.29, 0.717) is 12.0 Å². The molecule has 2 N–H and O–H groups in total. The van der Waals surface area contributed by atoms with Crippen molar-refractivity contribution in [2.24, 2.45) is 0 Å². The van der Waals surface area contributed by atoms with Crippen molar-refractivity contribution in [2.45, 2.75) is 32.1 Å². The molecule has 0 unspecified atom stereocenters. The smallest absolute Gasteiger partial charge is 0.355 e. The molecule has 0 saturated carbocycles. The van der Waals surface area contributed by atoms with Crippen LogP contribution in [0.5, 0.6) is 0 Å². The van der Waals surface area contributed by atoms with Gasteiger partial charge in [-0.1, -0.05) is 6.42 Å². The molecule has 5 nitrogen and oxygen atoms in total. The van der Waals surface area contributed by atoms with E-state index in [1.807, 2.05) is 0 Å². The maximum atomic E-state index is 11.1. The Balaban J connectivity index is 2.59. The number of carbonyl (C=O) groups is 1. The van der Waals surface area contributed by atoms with Gasteiger partial charge in [0.25, 0.3) is 0 Å². The minimum absolute atomic E-state index is 0.0735. The Bertz CT molecular complexity index is 450. The molecule has 80 valence electrons. The first-order valence-electron chi connectivity index (χ1n) is 5.04. The van der Waals surface area contributed by atoms with E-state index in [2.05, 4.69) is 9.97 Å². The third-order valence-corrected chi connectivity index (χ3v) is 2.68. The second-order valence-electron chi connectivity index (χ2n) is 3.71. The zero-order valence-corrected chi connectivity index (χ0v) is 8.25. The molecule has 1 aliphatic carbocycles. The lowest BCUT2D eigenvalue weighted by molar-refractivity contribution is 0.0688. The molecule has 1 aromatic rings. The van der Waals surface area contributed by atoms with Gasteiger partial charge in [0.05, 0.1) is 0 Å². The number of hydrogen-bond acceptors (Lipinski definition) is 3. The molecule has 5 heteroatoms. The summed E-state index contributed by atoms with van der Waals surface area (Å²) in [6, 6.07) is 0. The van der Waals surface area contributed by atoms with E-state index in [1.54, 1.807) is 0 Å². The summed E-state index contributed by atoms with van der Waals surface area (Å²) in [5, 5.41) is 8.94. The van der Waals surface area contributed by atoms with Gasteiger partial charge < -0.3 is 10.1 Å². The average Bonchev–Trinajstić information content (AvgIpc) is 2.41. The number of nitrogens with one attached hydrogen (secondary N) is 1. The number of aromatic carboxylic acids is 1. The lowest BCUT2D eigenvalue weighted by atomic mass is 10.1. The van der Waals surface area contributed by atoms with Gasteiger partial charge in [-0.05, 0) is 25.7 Å². The lowest BCUT2D eigenvalue weighted by Crippen LogP contribution is -2.21. The van der Waals surface area contributed by atoms with E-state index in [0.717, 1.165) is 31.4 Å². The Hall–Kier alpha value is -1.65. The molecular weight excluding hydrogens is 196 g/mol. The molecule has 0 aliphatic heterocycles. The van der Waals surface area contributed by atoms with Crippen LogP contribution in [0, 0.1) is 0 Å². The summed E-state index contributed by atoms with van der Waals surface area (Å²) in [6.07, 6.45) is 4.46. The fraction of sp³-hybridized carbons (Fsp3) is 0.500. The monoisotopic (exact) mass is 208 g/mol. The van der Waals surface area contributed by atoms with Gasteiger partial charge in [0.15, 0.2) is 5.69 Å². The summed E-state index contributed by atoms with van der Waals surface area (Å²) < 4.78 is 0. The number of aromatic amines is 1. The van der Waals surface area contributed by atoms with Gasteiger partial charge in [-0.2, -0.15) is 4.98 Å². The van der Waals surface area contributed by atoms with Crippen LogP contribution < -0.4 is 5.69 Å². The third kappa shape index (κ3) is 1.91. The fourth-order valence-corrected chi connectivity index (χ4v) is 1.98. The predicted molar refractivity (Wildman–Crippen MR) is 53.1 cm³/mol. The molecule has 0 spiro atoms. The summed E-state index contributed by atoms with van der Waals surface area (Å²) in [5.41, 5.74) is 0.827. The Morgan fingerprint density at radius 3 is 2.73 bits per heavy atom. The number of hydrogen-bond donors (Lipinski definition) is 2. The molecule has 0 radical (unpaired) electrons. The van der Waals surface area contributed by atoms with Crippen molar-refractivity contribution in [1.29, 1.82) is 0 Å². The van der Waals surface area contributed by atoms with Crippen LogP contribution in [0.4, 0.5) is 0 Å². The molecule has 1 aliphatic rings. The first kappa shape index (κ1) is 9.89. The Kier molecular flexibility index (Phi) is 2.53. The molecule has 0 bridgehead atoms. The minimum atomic E-state index is -1.11. The van der Waals surface area contributed by atoms with E-state index in [4.69, 9.17) is 5.11 Å². The number of aryl methyl sites for hydroxylation is 1. The highest BCUT2D eigenvalue weighted by Gasteiger charge is 2.19. The van der Waals surface area contributed by atoms with Crippen molar-refractivity contribution in [3.63, 3.8) is 0 Å². The molecule has 2 rings (SSSR count). The summed E-state index contributed by atoms with van der Waals surface area (Å²) in [6.45, 7) is 0. The molecule has 1 aromatic heterocycles. The Morgan fingerprint density at radius 2 is 2.00 bits per heavy atom. The van der Waals surface area contributed by atoms with Gasteiger partial charge >= 0.3 is 11.7 Å². The second-order valence-corrected chi connectivity index (χ2v) is 3.71. The van der Waals surface area contributed by atoms with Gasteiger partial charge in [-0.3, -0.25) is 0 Å². The molecule has 0 atom stereocenters. The molecule has 1 heterocycles. The highest BCUT2D eigenvalue weighted by molar-refractivity contribution is 5.87. The number of aromatic nitrogens is 2. The van der Waals surface area contributed by atoms with Gasteiger partial charge in [-0.25, -0.2) is 9.59 Å². The van der Waals surface area contributed by atoms with Crippen LogP contribution in [0.1, 0.15) is 41.0 Å². The summed E-state index contributed by atoms with van der Waals surface area (Å²) in [4.78, 5) is 28.2. The minimum Gasteiger partial charge on any atom is -0.476 e. The zero-order valence-electron chi connectivity index (χ0n) is 8.25. The summed E-state index contributed by atoms with van der Waals surface area (Å²) in [7, 11) is 0. The van der Waals surface area contributed by atoms with E-state index >= 15 is 0 Å². The van der Waals surface area contributed by atoms with Gasteiger partial charge in [0.1, 0.15) is 0 Å². The highest BCUT2D eigenvalue weighted by Crippen LogP contribution is 2.19.